The Bertz CT molecular complexity index is 1030. The van der Waals surface area contributed by atoms with Crippen molar-refractivity contribution in [2.75, 3.05) is 23.5 Å². The molecule has 2 aromatic carbocycles. The third kappa shape index (κ3) is 5.38. The zero-order valence-corrected chi connectivity index (χ0v) is 17.8. The summed E-state index contributed by atoms with van der Waals surface area (Å²) in [6.07, 6.45) is 0. The highest BCUT2D eigenvalue weighted by Gasteiger charge is 2.15. The highest BCUT2D eigenvalue weighted by molar-refractivity contribution is 7.99. The van der Waals surface area contributed by atoms with Crippen LogP contribution in [0.5, 0.6) is 5.75 Å². The molecule has 1 heterocycles. The molecule has 1 aromatic heterocycles. The van der Waals surface area contributed by atoms with Crippen LogP contribution in [0.4, 0.5) is 11.4 Å². The van der Waals surface area contributed by atoms with Crippen LogP contribution >= 0.6 is 11.8 Å². The molecule has 0 spiro atoms. The number of benzene rings is 2. The van der Waals surface area contributed by atoms with Crippen LogP contribution in [0.2, 0.25) is 0 Å². The lowest BCUT2D eigenvalue weighted by molar-refractivity contribution is -0.114. The summed E-state index contributed by atoms with van der Waals surface area (Å²) in [5.41, 5.74) is 2.24. The molecule has 2 N–H and O–H groups in total. The van der Waals surface area contributed by atoms with Gasteiger partial charge in [-0.25, -0.2) is 0 Å². The second-order valence-corrected chi connectivity index (χ2v) is 7.32. The van der Waals surface area contributed by atoms with Crippen LogP contribution < -0.4 is 15.4 Å². The van der Waals surface area contributed by atoms with Gasteiger partial charge in [0, 0.05) is 30.4 Å². The molecule has 0 aliphatic carbocycles. The number of nitrogens with one attached hydrogen (secondary N) is 2. The number of hydrogen-bond donors (Lipinski definition) is 2. The van der Waals surface area contributed by atoms with Gasteiger partial charge in [-0.15, -0.1) is 10.2 Å². The van der Waals surface area contributed by atoms with Gasteiger partial charge < -0.3 is 19.9 Å². The van der Waals surface area contributed by atoms with Gasteiger partial charge in [0.05, 0.1) is 12.9 Å². The first-order valence-electron chi connectivity index (χ1n) is 9.38. The standard InChI is InChI=1S/C21H23N5O3S/c1-4-26-20(15-6-5-7-18(12-15)29-3)24-25-21(26)30-13-19(28)23-17-10-8-16(9-11-17)22-14(2)27/h5-12H,4,13H2,1-3H3,(H,22,27)(H,23,28). The van der Waals surface area contributed by atoms with Gasteiger partial charge in [0.2, 0.25) is 11.8 Å². The van der Waals surface area contributed by atoms with Crippen molar-refractivity contribution in [2.45, 2.75) is 25.5 Å². The third-order valence-electron chi connectivity index (χ3n) is 4.18. The van der Waals surface area contributed by atoms with E-state index in [2.05, 4.69) is 20.8 Å². The van der Waals surface area contributed by atoms with E-state index in [4.69, 9.17) is 4.74 Å². The molecule has 3 aromatic rings. The molecule has 0 fully saturated rings. The molecule has 30 heavy (non-hydrogen) atoms. The van der Waals surface area contributed by atoms with E-state index < -0.39 is 0 Å². The van der Waals surface area contributed by atoms with Crippen molar-refractivity contribution in [3.8, 4) is 17.1 Å². The number of thioether (sulfide) groups is 1. The Hall–Kier alpha value is -3.33. The molecule has 2 amide bonds. The highest BCUT2D eigenvalue weighted by atomic mass is 32.2. The lowest BCUT2D eigenvalue weighted by Gasteiger charge is -2.09. The molecule has 8 nitrogen and oxygen atoms in total. The summed E-state index contributed by atoms with van der Waals surface area (Å²) in [6.45, 7) is 4.13. The molecule has 0 radical (unpaired) electrons. The maximum absolute atomic E-state index is 12.3. The van der Waals surface area contributed by atoms with Crippen molar-refractivity contribution in [2.24, 2.45) is 0 Å². The number of amides is 2. The zero-order chi connectivity index (χ0) is 21.5. The van der Waals surface area contributed by atoms with E-state index in [9.17, 15) is 9.59 Å². The predicted molar refractivity (Wildman–Crippen MR) is 118 cm³/mol. The summed E-state index contributed by atoms with van der Waals surface area (Å²) >= 11 is 1.33. The van der Waals surface area contributed by atoms with E-state index in [0.29, 0.717) is 23.1 Å². The first kappa shape index (κ1) is 21.4. The van der Waals surface area contributed by atoms with Crippen molar-refractivity contribution in [3.63, 3.8) is 0 Å². The van der Waals surface area contributed by atoms with Crippen LogP contribution in [-0.2, 0) is 16.1 Å². The summed E-state index contributed by atoms with van der Waals surface area (Å²) in [6, 6.07) is 14.6. The fraction of sp³-hybridized carbons (Fsp3) is 0.238. The Morgan fingerprint density at radius 3 is 2.40 bits per heavy atom. The number of nitrogens with zero attached hydrogens (tertiary/aromatic N) is 3. The van der Waals surface area contributed by atoms with Crippen LogP contribution in [0.15, 0.2) is 53.7 Å². The molecule has 0 unspecified atom stereocenters. The number of methoxy groups -OCH3 is 1. The maximum Gasteiger partial charge on any atom is 0.234 e. The molecule has 156 valence electrons. The van der Waals surface area contributed by atoms with Crippen molar-refractivity contribution < 1.29 is 14.3 Å². The molecule has 9 heteroatoms. The summed E-state index contributed by atoms with van der Waals surface area (Å²) in [5.74, 6) is 1.38. The van der Waals surface area contributed by atoms with E-state index in [1.165, 1.54) is 18.7 Å². The van der Waals surface area contributed by atoms with Gasteiger partial charge >= 0.3 is 0 Å². The van der Waals surface area contributed by atoms with Crippen molar-refractivity contribution >= 4 is 35.0 Å². The van der Waals surface area contributed by atoms with Crippen LogP contribution in [-0.4, -0.2) is 39.4 Å². The minimum Gasteiger partial charge on any atom is -0.497 e. The Balaban J connectivity index is 1.63. The molecule has 0 atom stereocenters. The van der Waals surface area contributed by atoms with E-state index in [1.807, 2.05) is 35.8 Å². The zero-order valence-electron chi connectivity index (χ0n) is 17.0. The molecule has 0 saturated heterocycles. The minimum atomic E-state index is -0.152. The lowest BCUT2D eigenvalue weighted by Crippen LogP contribution is -2.14. The Morgan fingerprint density at radius 1 is 1.07 bits per heavy atom. The maximum atomic E-state index is 12.3. The summed E-state index contributed by atoms with van der Waals surface area (Å²) in [4.78, 5) is 23.4. The molecule has 0 aliphatic rings. The van der Waals surface area contributed by atoms with Crippen molar-refractivity contribution in [1.82, 2.24) is 14.8 Å². The average molecular weight is 426 g/mol. The predicted octanol–water partition coefficient (Wildman–Crippen LogP) is 3.66. The minimum absolute atomic E-state index is 0.142. The first-order valence-corrected chi connectivity index (χ1v) is 10.4. The highest BCUT2D eigenvalue weighted by Crippen LogP contribution is 2.26. The van der Waals surface area contributed by atoms with E-state index in [-0.39, 0.29) is 17.6 Å². The van der Waals surface area contributed by atoms with E-state index in [0.717, 1.165) is 17.1 Å². The van der Waals surface area contributed by atoms with Crippen LogP contribution in [0.25, 0.3) is 11.4 Å². The monoisotopic (exact) mass is 425 g/mol. The fourth-order valence-corrected chi connectivity index (χ4v) is 3.63. The van der Waals surface area contributed by atoms with Gasteiger partial charge in [-0.3, -0.25) is 9.59 Å². The number of carbonyl (C=O) groups is 2. The van der Waals surface area contributed by atoms with Crippen LogP contribution in [0, 0.1) is 0 Å². The second kappa shape index (κ2) is 9.93. The summed E-state index contributed by atoms with van der Waals surface area (Å²) in [7, 11) is 1.62. The molecular weight excluding hydrogens is 402 g/mol. The van der Waals surface area contributed by atoms with Crippen molar-refractivity contribution in [1.29, 1.82) is 0 Å². The van der Waals surface area contributed by atoms with Gasteiger partial charge in [-0.05, 0) is 43.3 Å². The van der Waals surface area contributed by atoms with Gasteiger partial charge in [0.25, 0.3) is 0 Å². The van der Waals surface area contributed by atoms with E-state index >= 15 is 0 Å². The van der Waals surface area contributed by atoms with Crippen LogP contribution in [0.1, 0.15) is 13.8 Å². The fourth-order valence-electron chi connectivity index (χ4n) is 2.82. The number of ether oxygens (including phenoxy) is 1. The number of carbonyl (C=O) groups excluding carboxylic acids is 2. The Kier molecular flexibility index (Phi) is 7.08. The molecule has 3 rings (SSSR count). The summed E-state index contributed by atoms with van der Waals surface area (Å²) in [5, 5.41) is 14.7. The van der Waals surface area contributed by atoms with Crippen LogP contribution in [0.3, 0.4) is 0 Å². The smallest absolute Gasteiger partial charge is 0.234 e. The number of aromatic nitrogens is 3. The number of hydrogen-bond acceptors (Lipinski definition) is 6. The van der Waals surface area contributed by atoms with Gasteiger partial charge in [-0.2, -0.15) is 0 Å². The van der Waals surface area contributed by atoms with Gasteiger partial charge in [0.1, 0.15) is 5.75 Å². The van der Waals surface area contributed by atoms with Gasteiger partial charge in [-0.1, -0.05) is 23.9 Å². The molecular formula is C21H23N5O3S. The average Bonchev–Trinajstić information content (AvgIpc) is 3.16. The van der Waals surface area contributed by atoms with Crippen molar-refractivity contribution in [3.05, 3.63) is 48.5 Å². The second-order valence-electron chi connectivity index (χ2n) is 6.38. The van der Waals surface area contributed by atoms with Gasteiger partial charge in [0.15, 0.2) is 11.0 Å². The number of rotatable bonds is 8. The largest absolute Gasteiger partial charge is 0.497 e. The Labute approximate surface area is 179 Å². The quantitative estimate of drug-likeness (QED) is 0.535. The third-order valence-corrected chi connectivity index (χ3v) is 5.15. The first-order chi connectivity index (χ1) is 14.5. The molecule has 0 aliphatic heterocycles. The lowest BCUT2D eigenvalue weighted by atomic mass is 10.2. The normalized spacial score (nSPS) is 10.5. The molecule has 0 bridgehead atoms. The molecule has 0 saturated carbocycles. The van der Waals surface area contributed by atoms with E-state index in [1.54, 1.807) is 31.4 Å². The topological polar surface area (TPSA) is 98.1 Å². The SMILES string of the molecule is CCn1c(SCC(=O)Nc2ccc(NC(C)=O)cc2)nnc1-c1cccc(OC)c1. The summed E-state index contributed by atoms with van der Waals surface area (Å²) < 4.78 is 7.25. The number of anilines is 2. The Morgan fingerprint density at radius 2 is 1.77 bits per heavy atom.